The standard InChI is InChI=1S/C27H41ClN4O5/c1-35-23-15-21(29)20(28)14-19(23)27(34)30-22-9-13-31(17-25(22)36-2)10-5-3-4-6-26(33)37-24-16-32-11-7-18(24)8-12-32/h14-15,18,22,24-25H,3-13,16-17,29H2,1-2H3,(H,30,34)/t22?,24-,25-/m0/s1. The van der Waals surface area contributed by atoms with E-state index in [1.807, 2.05) is 0 Å². The molecule has 206 valence electrons. The molecule has 10 heteroatoms. The number of likely N-dealkylation sites (tertiary alicyclic amines) is 1. The van der Waals surface area contributed by atoms with Crippen molar-refractivity contribution in [3.05, 3.63) is 22.7 Å². The molecule has 2 bridgehead atoms. The van der Waals surface area contributed by atoms with Crippen LogP contribution in [0.2, 0.25) is 5.02 Å². The van der Waals surface area contributed by atoms with E-state index < -0.39 is 0 Å². The minimum absolute atomic E-state index is 0.0474. The summed E-state index contributed by atoms with van der Waals surface area (Å²) in [6, 6.07) is 2.98. The molecule has 3 atom stereocenters. The molecule has 1 aromatic rings. The van der Waals surface area contributed by atoms with Crippen LogP contribution in [0.3, 0.4) is 0 Å². The van der Waals surface area contributed by atoms with Crippen molar-refractivity contribution >= 4 is 29.2 Å². The second kappa shape index (κ2) is 13.1. The van der Waals surface area contributed by atoms with Crippen LogP contribution < -0.4 is 15.8 Å². The van der Waals surface area contributed by atoms with Gasteiger partial charge in [0.25, 0.3) is 5.91 Å². The van der Waals surface area contributed by atoms with E-state index >= 15 is 0 Å². The largest absolute Gasteiger partial charge is 0.496 e. The molecular formula is C27H41ClN4O5. The van der Waals surface area contributed by atoms with Crippen LogP contribution in [0.1, 0.15) is 55.3 Å². The predicted molar refractivity (Wildman–Crippen MR) is 143 cm³/mol. The summed E-state index contributed by atoms with van der Waals surface area (Å²) in [7, 11) is 3.17. The number of methoxy groups -OCH3 is 2. The van der Waals surface area contributed by atoms with Gasteiger partial charge >= 0.3 is 5.97 Å². The summed E-state index contributed by atoms with van der Waals surface area (Å²) in [6.07, 6.45) is 6.42. The number of piperidine rings is 4. The molecule has 0 aliphatic carbocycles. The number of hydrogen-bond acceptors (Lipinski definition) is 8. The van der Waals surface area contributed by atoms with Gasteiger partial charge in [0.05, 0.1) is 35.5 Å². The Morgan fingerprint density at radius 3 is 2.51 bits per heavy atom. The molecular weight excluding hydrogens is 496 g/mol. The number of carbonyl (C=O) groups is 2. The van der Waals surface area contributed by atoms with E-state index in [0.717, 1.165) is 77.8 Å². The maximum atomic E-state index is 13.0. The molecule has 5 rings (SSSR count). The molecule has 0 spiro atoms. The van der Waals surface area contributed by atoms with Crippen molar-refractivity contribution in [2.24, 2.45) is 5.92 Å². The Kier molecular flexibility index (Phi) is 9.92. The molecule has 0 radical (unpaired) electrons. The number of nitrogens with one attached hydrogen (secondary N) is 1. The summed E-state index contributed by atoms with van der Waals surface area (Å²) in [6.45, 7) is 5.76. The number of hydrogen-bond donors (Lipinski definition) is 2. The maximum Gasteiger partial charge on any atom is 0.306 e. The summed E-state index contributed by atoms with van der Waals surface area (Å²) in [5, 5.41) is 3.40. The van der Waals surface area contributed by atoms with Gasteiger partial charge in [-0.1, -0.05) is 18.0 Å². The first-order valence-electron chi connectivity index (χ1n) is 13.5. The minimum Gasteiger partial charge on any atom is -0.496 e. The molecule has 4 fully saturated rings. The summed E-state index contributed by atoms with van der Waals surface area (Å²) in [5.41, 5.74) is 6.56. The zero-order chi connectivity index (χ0) is 26.4. The first-order chi connectivity index (χ1) is 17.9. The van der Waals surface area contributed by atoms with Gasteiger partial charge in [0, 0.05) is 39.2 Å². The number of nitrogen functional groups attached to an aromatic ring is 1. The predicted octanol–water partition coefficient (Wildman–Crippen LogP) is 2.95. The van der Waals surface area contributed by atoms with Crippen LogP contribution in [0.15, 0.2) is 12.1 Å². The second-order valence-corrected chi connectivity index (χ2v) is 10.9. The average Bonchev–Trinajstić information content (AvgIpc) is 2.91. The van der Waals surface area contributed by atoms with Crippen molar-refractivity contribution in [2.45, 2.75) is 63.2 Å². The topological polar surface area (TPSA) is 106 Å². The van der Waals surface area contributed by atoms with Gasteiger partial charge in [-0.2, -0.15) is 0 Å². The number of anilines is 1. The molecule has 37 heavy (non-hydrogen) atoms. The fourth-order valence-corrected chi connectivity index (χ4v) is 5.97. The van der Waals surface area contributed by atoms with Crippen molar-refractivity contribution in [1.82, 2.24) is 15.1 Å². The number of carbonyl (C=O) groups excluding carboxylic acids is 2. The fourth-order valence-electron chi connectivity index (χ4n) is 5.80. The van der Waals surface area contributed by atoms with Crippen molar-refractivity contribution in [3.63, 3.8) is 0 Å². The van der Waals surface area contributed by atoms with Crippen molar-refractivity contribution in [1.29, 1.82) is 0 Å². The Morgan fingerprint density at radius 2 is 1.84 bits per heavy atom. The third kappa shape index (κ3) is 7.28. The summed E-state index contributed by atoms with van der Waals surface area (Å²) >= 11 is 6.13. The quantitative estimate of drug-likeness (QED) is 0.252. The first-order valence-corrected chi connectivity index (χ1v) is 13.9. The molecule has 1 unspecified atom stereocenters. The Hall–Kier alpha value is -2.07. The highest BCUT2D eigenvalue weighted by Crippen LogP contribution is 2.30. The maximum absolute atomic E-state index is 13.0. The van der Waals surface area contributed by atoms with Crippen LogP contribution in [-0.2, 0) is 14.3 Å². The monoisotopic (exact) mass is 536 g/mol. The van der Waals surface area contributed by atoms with Crippen molar-refractivity contribution < 1.29 is 23.8 Å². The van der Waals surface area contributed by atoms with E-state index in [-0.39, 0.29) is 30.1 Å². The van der Waals surface area contributed by atoms with Gasteiger partial charge in [-0.25, -0.2) is 0 Å². The van der Waals surface area contributed by atoms with Gasteiger partial charge in [0.1, 0.15) is 11.9 Å². The number of amides is 1. The number of ether oxygens (including phenoxy) is 3. The molecule has 4 heterocycles. The molecule has 0 aromatic heterocycles. The minimum atomic E-state index is -0.260. The van der Waals surface area contributed by atoms with Crippen LogP contribution in [0.4, 0.5) is 5.69 Å². The molecule has 9 nitrogen and oxygen atoms in total. The zero-order valence-corrected chi connectivity index (χ0v) is 22.8. The van der Waals surface area contributed by atoms with Gasteiger partial charge in [0.15, 0.2) is 0 Å². The number of nitrogens with zero attached hydrogens (tertiary/aromatic N) is 2. The van der Waals surface area contributed by atoms with Crippen LogP contribution in [-0.4, -0.2) is 93.4 Å². The molecule has 3 N–H and O–H groups in total. The fraction of sp³-hybridized carbons (Fsp3) is 0.704. The molecule has 1 amide bonds. The lowest BCUT2D eigenvalue weighted by Gasteiger charge is -2.43. The SMILES string of the molecule is COc1cc(N)c(Cl)cc1C(=O)NC1CCN(CCCCCC(=O)O[C@H]2CN3CCC2CC3)C[C@@H]1OC. The van der Waals surface area contributed by atoms with E-state index in [1.54, 1.807) is 13.2 Å². The van der Waals surface area contributed by atoms with Gasteiger partial charge in [-0.15, -0.1) is 0 Å². The number of nitrogens with two attached hydrogens (primary N) is 1. The number of rotatable bonds is 11. The van der Waals surface area contributed by atoms with E-state index in [0.29, 0.717) is 34.4 Å². The highest BCUT2D eigenvalue weighted by Gasteiger charge is 2.36. The van der Waals surface area contributed by atoms with E-state index in [4.69, 9.17) is 31.5 Å². The number of benzene rings is 1. The number of esters is 1. The summed E-state index contributed by atoms with van der Waals surface area (Å²) in [5.74, 6) is 0.637. The van der Waals surface area contributed by atoms with Gasteiger partial charge in [-0.05, 0) is 63.7 Å². The third-order valence-corrected chi connectivity index (χ3v) is 8.39. The number of halogens is 1. The molecule has 1 aromatic carbocycles. The Bertz CT molecular complexity index is 940. The van der Waals surface area contributed by atoms with E-state index in [1.165, 1.54) is 13.2 Å². The van der Waals surface area contributed by atoms with Gasteiger partial charge < -0.3 is 30.2 Å². The van der Waals surface area contributed by atoms with Crippen LogP contribution in [0.5, 0.6) is 5.75 Å². The smallest absolute Gasteiger partial charge is 0.306 e. The molecule has 4 aliphatic rings. The highest BCUT2D eigenvalue weighted by molar-refractivity contribution is 6.33. The second-order valence-electron chi connectivity index (χ2n) is 10.5. The Labute approximate surface area is 224 Å². The lowest BCUT2D eigenvalue weighted by Crippen LogP contribution is -2.54. The lowest BCUT2D eigenvalue weighted by atomic mass is 9.86. The van der Waals surface area contributed by atoms with E-state index in [9.17, 15) is 9.59 Å². The van der Waals surface area contributed by atoms with Gasteiger partial charge in [0.2, 0.25) is 0 Å². The molecule has 4 saturated heterocycles. The van der Waals surface area contributed by atoms with Crippen molar-refractivity contribution in [2.75, 3.05) is 59.2 Å². The number of fused-ring (bicyclic) bond motifs is 3. The Balaban J connectivity index is 1.15. The van der Waals surface area contributed by atoms with Crippen LogP contribution in [0.25, 0.3) is 0 Å². The zero-order valence-electron chi connectivity index (χ0n) is 22.0. The van der Waals surface area contributed by atoms with Gasteiger partial charge in [-0.3, -0.25) is 14.5 Å². The normalized spacial score (nSPS) is 27.6. The summed E-state index contributed by atoms with van der Waals surface area (Å²) in [4.78, 5) is 30.0. The van der Waals surface area contributed by atoms with Crippen molar-refractivity contribution in [3.8, 4) is 5.75 Å². The Morgan fingerprint density at radius 1 is 1.05 bits per heavy atom. The summed E-state index contributed by atoms with van der Waals surface area (Å²) < 4.78 is 16.8. The van der Waals surface area contributed by atoms with E-state index in [2.05, 4.69) is 15.1 Å². The van der Waals surface area contributed by atoms with Crippen LogP contribution in [0, 0.1) is 5.92 Å². The van der Waals surface area contributed by atoms with Crippen LogP contribution >= 0.6 is 11.6 Å². The molecule has 4 aliphatic heterocycles. The average molecular weight is 537 g/mol. The number of unbranched alkanes of at least 4 members (excludes halogenated alkanes) is 2. The lowest BCUT2D eigenvalue weighted by molar-refractivity contribution is -0.158. The first kappa shape index (κ1) is 28.0. The highest BCUT2D eigenvalue weighted by atomic mass is 35.5. The third-order valence-electron chi connectivity index (χ3n) is 8.06. The molecule has 0 saturated carbocycles.